The highest BCUT2D eigenvalue weighted by Gasteiger charge is 2.53. The number of likely N-dealkylation sites (tertiary alicyclic amines) is 1. The number of aliphatic imine (C=N–C) groups is 1. The Bertz CT molecular complexity index is 1110. The van der Waals surface area contributed by atoms with E-state index in [2.05, 4.69) is 10.2 Å². The number of halogens is 3. The van der Waals surface area contributed by atoms with Crippen molar-refractivity contribution < 1.29 is 22.7 Å². The van der Waals surface area contributed by atoms with Gasteiger partial charge in [-0.15, -0.1) is 0 Å². The molecule has 5 rings (SSSR count). The first-order chi connectivity index (χ1) is 17.4. The lowest BCUT2D eigenvalue weighted by Gasteiger charge is -2.44. The van der Waals surface area contributed by atoms with Crippen molar-refractivity contribution in [1.82, 2.24) is 10.2 Å². The smallest absolute Gasteiger partial charge is 0.387 e. The Kier molecular flexibility index (Phi) is 7.18. The Morgan fingerprint density at radius 2 is 1.81 bits per heavy atom. The van der Waals surface area contributed by atoms with E-state index in [-0.39, 0.29) is 17.8 Å². The van der Waals surface area contributed by atoms with Crippen LogP contribution in [-0.2, 0) is 6.54 Å². The number of anilines is 1. The minimum Gasteiger partial charge on any atom is -0.434 e. The first-order valence-corrected chi connectivity index (χ1v) is 12.6. The summed E-state index contributed by atoms with van der Waals surface area (Å²) in [5.41, 5.74) is 0.496. The van der Waals surface area contributed by atoms with Crippen molar-refractivity contribution in [2.24, 2.45) is 4.99 Å². The van der Waals surface area contributed by atoms with E-state index >= 15 is 0 Å². The summed E-state index contributed by atoms with van der Waals surface area (Å²) < 4.78 is 44.6. The highest BCUT2D eigenvalue weighted by molar-refractivity contribution is 6.19. The zero-order valence-corrected chi connectivity index (χ0v) is 20.1. The van der Waals surface area contributed by atoms with E-state index in [0.29, 0.717) is 49.6 Å². The van der Waals surface area contributed by atoms with Gasteiger partial charge in [0.15, 0.2) is 0 Å². The summed E-state index contributed by atoms with van der Waals surface area (Å²) in [5, 5.41) is 3.02. The van der Waals surface area contributed by atoms with E-state index in [1.165, 1.54) is 18.6 Å². The fraction of sp³-hybridized carbons (Fsp3) is 0.481. The molecular formula is C27H31F3N4O2. The first-order valence-electron chi connectivity index (χ1n) is 12.6. The predicted octanol–water partition coefficient (Wildman–Crippen LogP) is 5.72. The fourth-order valence-electron chi connectivity index (χ4n) is 5.73. The second-order valence-electron chi connectivity index (χ2n) is 9.81. The lowest BCUT2D eigenvalue weighted by Crippen LogP contribution is -2.57. The van der Waals surface area contributed by atoms with Crippen LogP contribution in [0, 0.1) is 5.82 Å². The Hall–Kier alpha value is -3.07. The average Bonchev–Trinajstić information content (AvgIpc) is 3.12. The standard InChI is InChI=1S/C27H31F3N4O2/c28-20-8-6-11-22(17-20)34-26(35)32-24(31-21-9-2-1-3-10-21)27(34)13-15-33(16-14-27)18-19-7-4-5-12-23(19)36-25(29)30/h4-8,11-12,17,21,25H,1-3,9-10,13-16,18H2,(H,31,32,35). The van der Waals surface area contributed by atoms with E-state index in [9.17, 15) is 18.0 Å². The van der Waals surface area contributed by atoms with Crippen molar-refractivity contribution in [1.29, 1.82) is 0 Å². The van der Waals surface area contributed by atoms with E-state index in [0.717, 1.165) is 25.7 Å². The van der Waals surface area contributed by atoms with Crippen LogP contribution in [0.4, 0.5) is 23.7 Å². The van der Waals surface area contributed by atoms with E-state index < -0.39 is 18.0 Å². The summed E-state index contributed by atoms with van der Waals surface area (Å²) in [7, 11) is 0. The number of nitrogens with zero attached hydrogens (tertiary/aromatic N) is 3. The zero-order chi connectivity index (χ0) is 25.1. The maximum Gasteiger partial charge on any atom is 0.387 e. The predicted molar refractivity (Wildman–Crippen MR) is 132 cm³/mol. The quantitative estimate of drug-likeness (QED) is 0.552. The molecule has 2 amide bonds. The number of alkyl halides is 2. The molecule has 1 aliphatic carbocycles. The molecule has 0 radical (unpaired) electrons. The molecule has 0 atom stereocenters. The molecule has 3 aliphatic rings. The minimum absolute atomic E-state index is 0.173. The molecule has 0 bridgehead atoms. The van der Waals surface area contributed by atoms with Crippen LogP contribution in [-0.4, -0.2) is 48.0 Å². The highest BCUT2D eigenvalue weighted by atomic mass is 19.3. The number of carbonyl (C=O) groups excluding carboxylic acids is 1. The number of rotatable bonds is 6. The summed E-state index contributed by atoms with van der Waals surface area (Å²) in [5.74, 6) is 0.442. The van der Waals surface area contributed by atoms with E-state index in [4.69, 9.17) is 9.73 Å². The largest absolute Gasteiger partial charge is 0.434 e. The molecule has 2 aromatic carbocycles. The van der Waals surface area contributed by atoms with E-state index in [1.54, 1.807) is 41.3 Å². The van der Waals surface area contributed by atoms with Gasteiger partial charge in [0.05, 0.1) is 6.04 Å². The van der Waals surface area contributed by atoms with Gasteiger partial charge in [0.2, 0.25) is 0 Å². The maximum absolute atomic E-state index is 14.1. The molecule has 1 saturated carbocycles. The van der Waals surface area contributed by atoms with Crippen LogP contribution in [0.15, 0.2) is 53.5 Å². The molecule has 2 saturated heterocycles. The minimum atomic E-state index is -2.88. The zero-order valence-electron chi connectivity index (χ0n) is 20.1. The Balaban J connectivity index is 1.41. The second-order valence-corrected chi connectivity index (χ2v) is 9.81. The van der Waals surface area contributed by atoms with Gasteiger partial charge in [-0.25, -0.2) is 9.18 Å². The molecule has 2 aromatic rings. The summed E-state index contributed by atoms with van der Waals surface area (Å²) in [6.07, 6.45) is 6.65. The normalized spacial score (nSPS) is 21.9. The van der Waals surface area contributed by atoms with Crippen molar-refractivity contribution in [3.63, 3.8) is 0 Å². The van der Waals surface area contributed by atoms with Crippen molar-refractivity contribution in [2.45, 2.75) is 69.7 Å². The summed E-state index contributed by atoms with van der Waals surface area (Å²) in [6, 6.07) is 12.8. The summed E-state index contributed by atoms with van der Waals surface area (Å²) in [4.78, 5) is 22.1. The lowest BCUT2D eigenvalue weighted by molar-refractivity contribution is -0.0508. The third-order valence-corrected chi connectivity index (χ3v) is 7.52. The molecule has 6 nitrogen and oxygen atoms in total. The molecule has 36 heavy (non-hydrogen) atoms. The molecule has 2 heterocycles. The molecule has 192 valence electrons. The number of hydrogen-bond acceptors (Lipinski definition) is 4. The number of benzene rings is 2. The van der Waals surface area contributed by atoms with Crippen LogP contribution in [0.1, 0.15) is 50.5 Å². The Morgan fingerprint density at radius 3 is 2.53 bits per heavy atom. The van der Waals surface area contributed by atoms with Crippen LogP contribution in [0.25, 0.3) is 0 Å². The molecule has 0 aromatic heterocycles. The molecule has 3 fully saturated rings. The molecule has 9 heteroatoms. The number of nitrogens with one attached hydrogen (secondary N) is 1. The van der Waals surface area contributed by atoms with Crippen LogP contribution < -0.4 is 15.0 Å². The van der Waals surface area contributed by atoms with Crippen molar-refractivity contribution in [2.75, 3.05) is 18.0 Å². The van der Waals surface area contributed by atoms with Crippen LogP contribution in [0.3, 0.4) is 0 Å². The summed E-state index contributed by atoms with van der Waals surface area (Å²) in [6.45, 7) is -1.19. The SMILES string of the molecule is O=C1NC(=NC2CCCCC2)C2(CCN(Cc3ccccc3OC(F)F)CC2)N1c1cccc(F)c1. The molecule has 1 spiro atoms. The topological polar surface area (TPSA) is 57.2 Å². The van der Waals surface area contributed by atoms with Crippen LogP contribution >= 0.6 is 0 Å². The lowest BCUT2D eigenvalue weighted by atomic mass is 9.84. The van der Waals surface area contributed by atoms with E-state index in [1.807, 2.05) is 0 Å². The second kappa shape index (κ2) is 10.5. The Morgan fingerprint density at radius 1 is 1.06 bits per heavy atom. The first kappa shape index (κ1) is 24.6. The maximum atomic E-state index is 14.1. The number of para-hydroxylation sites is 1. The van der Waals surface area contributed by atoms with Gasteiger partial charge in [-0.05, 0) is 49.9 Å². The van der Waals surface area contributed by atoms with Gasteiger partial charge in [-0.2, -0.15) is 8.78 Å². The van der Waals surface area contributed by atoms with Gasteiger partial charge in [0.25, 0.3) is 0 Å². The average molecular weight is 501 g/mol. The van der Waals surface area contributed by atoms with Gasteiger partial charge in [0, 0.05) is 30.9 Å². The van der Waals surface area contributed by atoms with Gasteiger partial charge in [-0.1, -0.05) is 43.5 Å². The number of amides is 2. The fourth-order valence-corrected chi connectivity index (χ4v) is 5.73. The van der Waals surface area contributed by atoms with Gasteiger partial charge >= 0.3 is 12.6 Å². The number of carbonyl (C=O) groups is 1. The number of ether oxygens (including phenoxy) is 1. The molecule has 0 unspecified atom stereocenters. The third-order valence-electron chi connectivity index (χ3n) is 7.52. The van der Waals surface area contributed by atoms with Crippen molar-refractivity contribution in [3.05, 3.63) is 59.9 Å². The van der Waals surface area contributed by atoms with Gasteiger partial charge < -0.3 is 4.74 Å². The molecular weight excluding hydrogens is 469 g/mol. The van der Waals surface area contributed by atoms with Gasteiger partial charge in [0.1, 0.15) is 22.9 Å². The molecule has 2 aliphatic heterocycles. The van der Waals surface area contributed by atoms with Crippen LogP contribution in [0.5, 0.6) is 5.75 Å². The number of urea groups is 1. The monoisotopic (exact) mass is 500 g/mol. The number of hydrogen-bond donors (Lipinski definition) is 1. The van der Waals surface area contributed by atoms with Crippen molar-refractivity contribution in [3.8, 4) is 5.75 Å². The third kappa shape index (κ3) is 5.07. The highest BCUT2D eigenvalue weighted by Crippen LogP contribution is 2.39. The van der Waals surface area contributed by atoms with Crippen molar-refractivity contribution >= 4 is 17.6 Å². The van der Waals surface area contributed by atoms with Crippen LogP contribution in [0.2, 0.25) is 0 Å². The Labute approximate surface area is 209 Å². The summed E-state index contributed by atoms with van der Waals surface area (Å²) >= 11 is 0. The van der Waals surface area contributed by atoms with Gasteiger partial charge in [-0.3, -0.25) is 20.1 Å². The number of piperidine rings is 1. The molecule has 1 N–H and O–H groups in total. The number of amidine groups is 1.